The van der Waals surface area contributed by atoms with E-state index in [1.54, 1.807) is 18.2 Å². The number of amides is 1. The van der Waals surface area contributed by atoms with Gasteiger partial charge in [-0.2, -0.15) is 0 Å². The minimum Gasteiger partial charge on any atom is -0.457 e. The quantitative estimate of drug-likeness (QED) is 0.407. The highest BCUT2D eigenvalue weighted by Gasteiger charge is 2.19. The number of H-pyrrole nitrogens is 1. The number of esters is 1. The van der Waals surface area contributed by atoms with Gasteiger partial charge < -0.3 is 15.5 Å². The number of carbonyl (C=O) groups is 2. The fourth-order valence-electron chi connectivity index (χ4n) is 2.82. The number of aromatic nitrogens is 1. The third-order valence-electron chi connectivity index (χ3n) is 4.47. The maximum absolute atomic E-state index is 12.4. The fourth-order valence-corrected chi connectivity index (χ4v) is 2.82. The van der Waals surface area contributed by atoms with Crippen LogP contribution in [0.15, 0.2) is 36.4 Å². The van der Waals surface area contributed by atoms with E-state index in [9.17, 15) is 19.7 Å². The number of hydrogen-bond acceptors (Lipinski definition) is 5. The third kappa shape index (κ3) is 3.50. The van der Waals surface area contributed by atoms with Crippen molar-refractivity contribution in [3.05, 3.63) is 74.5 Å². The number of fused-ring (bicyclic) bond motifs is 1. The maximum atomic E-state index is 12.4. The number of nitro benzene ring substituents is 1. The van der Waals surface area contributed by atoms with Gasteiger partial charge in [0.1, 0.15) is 6.61 Å². The van der Waals surface area contributed by atoms with Crippen molar-refractivity contribution in [2.24, 2.45) is 5.73 Å². The number of primary amides is 1. The van der Waals surface area contributed by atoms with Crippen LogP contribution in [0.4, 0.5) is 5.69 Å². The van der Waals surface area contributed by atoms with E-state index < -0.39 is 16.8 Å². The molecule has 0 atom stereocenters. The standard InChI is InChI=1S/C19H17N3O5/c1-10-11(2)21-16-6-5-13(7-15(10)16)19(24)27-9-14-4-3-12(18(20)23)8-17(14)22(25)26/h3-8,21H,9H2,1-2H3,(H2,20,23). The number of aryl methyl sites for hydroxylation is 2. The lowest BCUT2D eigenvalue weighted by atomic mass is 10.1. The van der Waals surface area contributed by atoms with Gasteiger partial charge in [0.05, 0.1) is 16.1 Å². The Morgan fingerprint density at radius 2 is 1.85 bits per heavy atom. The van der Waals surface area contributed by atoms with Gasteiger partial charge in [-0.3, -0.25) is 14.9 Å². The molecule has 0 radical (unpaired) electrons. The molecule has 1 aromatic heterocycles. The highest BCUT2D eigenvalue weighted by atomic mass is 16.6. The van der Waals surface area contributed by atoms with Crippen LogP contribution < -0.4 is 5.73 Å². The van der Waals surface area contributed by atoms with E-state index in [1.165, 1.54) is 12.1 Å². The Bertz CT molecular complexity index is 1080. The van der Waals surface area contributed by atoms with Gasteiger partial charge in [0.2, 0.25) is 5.91 Å². The molecule has 8 heteroatoms. The number of hydrogen-bond donors (Lipinski definition) is 2. The summed E-state index contributed by atoms with van der Waals surface area (Å²) in [5.41, 5.74) is 8.32. The van der Waals surface area contributed by atoms with Crippen LogP contribution in [-0.4, -0.2) is 21.8 Å². The summed E-state index contributed by atoms with van der Waals surface area (Å²) < 4.78 is 5.23. The molecule has 1 heterocycles. The molecule has 0 aliphatic heterocycles. The summed E-state index contributed by atoms with van der Waals surface area (Å²) in [6.07, 6.45) is 0. The summed E-state index contributed by atoms with van der Waals surface area (Å²) in [5.74, 6) is -1.37. The van der Waals surface area contributed by atoms with Crippen molar-refractivity contribution in [3.63, 3.8) is 0 Å². The Hall–Kier alpha value is -3.68. The van der Waals surface area contributed by atoms with Crippen molar-refractivity contribution in [2.45, 2.75) is 20.5 Å². The largest absolute Gasteiger partial charge is 0.457 e. The smallest absolute Gasteiger partial charge is 0.338 e. The van der Waals surface area contributed by atoms with Gasteiger partial charge in [-0.1, -0.05) is 0 Å². The molecule has 3 rings (SSSR count). The van der Waals surface area contributed by atoms with E-state index >= 15 is 0 Å². The maximum Gasteiger partial charge on any atom is 0.338 e. The van der Waals surface area contributed by atoms with Crippen LogP contribution in [-0.2, 0) is 11.3 Å². The summed E-state index contributed by atoms with van der Waals surface area (Å²) in [7, 11) is 0. The number of nitrogens with zero attached hydrogens (tertiary/aromatic N) is 1. The molecule has 0 spiro atoms. The van der Waals surface area contributed by atoms with Gasteiger partial charge in [-0.25, -0.2) is 4.79 Å². The number of carbonyl (C=O) groups excluding carboxylic acids is 2. The first kappa shape index (κ1) is 18.1. The van der Waals surface area contributed by atoms with Crippen LogP contribution in [0.1, 0.15) is 37.5 Å². The number of rotatable bonds is 5. The summed E-state index contributed by atoms with van der Waals surface area (Å²) in [5, 5.41) is 12.1. The second-order valence-corrected chi connectivity index (χ2v) is 6.18. The van der Waals surface area contributed by atoms with E-state index in [-0.39, 0.29) is 23.4 Å². The SMILES string of the molecule is Cc1[nH]c2ccc(C(=O)OCc3ccc(C(N)=O)cc3[N+](=O)[O-])cc2c1C. The van der Waals surface area contributed by atoms with Crippen molar-refractivity contribution in [1.29, 1.82) is 0 Å². The lowest BCUT2D eigenvalue weighted by Gasteiger charge is -2.07. The van der Waals surface area contributed by atoms with Crippen molar-refractivity contribution < 1.29 is 19.2 Å². The molecule has 0 saturated heterocycles. The van der Waals surface area contributed by atoms with Crippen molar-refractivity contribution >= 4 is 28.5 Å². The van der Waals surface area contributed by atoms with Gasteiger partial charge in [-0.05, 0) is 49.7 Å². The Balaban J connectivity index is 1.82. The van der Waals surface area contributed by atoms with E-state index in [2.05, 4.69) is 4.98 Å². The number of ether oxygens (including phenoxy) is 1. The van der Waals surface area contributed by atoms with E-state index in [0.717, 1.165) is 28.2 Å². The molecular formula is C19H17N3O5. The molecule has 8 nitrogen and oxygen atoms in total. The molecule has 0 bridgehead atoms. The molecule has 138 valence electrons. The molecule has 2 aromatic carbocycles. The van der Waals surface area contributed by atoms with E-state index in [0.29, 0.717) is 5.56 Å². The van der Waals surface area contributed by atoms with E-state index in [4.69, 9.17) is 10.5 Å². The first-order chi connectivity index (χ1) is 12.8. The first-order valence-electron chi connectivity index (χ1n) is 8.11. The van der Waals surface area contributed by atoms with Crippen molar-refractivity contribution in [3.8, 4) is 0 Å². The van der Waals surface area contributed by atoms with Crippen molar-refractivity contribution in [2.75, 3.05) is 0 Å². The van der Waals surface area contributed by atoms with Crippen LogP contribution in [0, 0.1) is 24.0 Å². The van der Waals surface area contributed by atoms with E-state index in [1.807, 2.05) is 13.8 Å². The minimum atomic E-state index is -0.771. The number of benzene rings is 2. The normalized spacial score (nSPS) is 10.7. The second kappa shape index (κ2) is 6.91. The zero-order chi connectivity index (χ0) is 19.7. The predicted octanol–water partition coefficient (Wildman–Crippen LogP) is 3.15. The summed E-state index contributed by atoms with van der Waals surface area (Å²) in [4.78, 5) is 37.3. The van der Waals surface area contributed by atoms with Gasteiger partial charge in [0.15, 0.2) is 0 Å². The summed E-state index contributed by atoms with van der Waals surface area (Å²) >= 11 is 0. The molecule has 0 aliphatic carbocycles. The Morgan fingerprint density at radius 3 is 2.52 bits per heavy atom. The molecule has 1 amide bonds. The second-order valence-electron chi connectivity index (χ2n) is 6.18. The predicted molar refractivity (Wildman–Crippen MR) is 98.5 cm³/mol. The Morgan fingerprint density at radius 1 is 1.15 bits per heavy atom. The molecule has 0 aliphatic rings. The molecule has 0 saturated carbocycles. The highest BCUT2D eigenvalue weighted by Crippen LogP contribution is 2.24. The van der Waals surface area contributed by atoms with Gasteiger partial charge in [-0.15, -0.1) is 0 Å². The Labute approximate surface area is 154 Å². The van der Waals surface area contributed by atoms with Gasteiger partial charge in [0, 0.05) is 28.2 Å². The monoisotopic (exact) mass is 367 g/mol. The summed E-state index contributed by atoms with van der Waals surface area (Å²) in [6, 6.07) is 8.93. The zero-order valence-electron chi connectivity index (χ0n) is 14.7. The van der Waals surface area contributed by atoms with Gasteiger partial charge in [0.25, 0.3) is 5.69 Å². The molecule has 0 unspecified atom stereocenters. The third-order valence-corrected chi connectivity index (χ3v) is 4.47. The molecule has 0 fully saturated rings. The lowest BCUT2D eigenvalue weighted by molar-refractivity contribution is -0.385. The number of nitro groups is 1. The number of aromatic amines is 1. The average molecular weight is 367 g/mol. The molecule has 27 heavy (non-hydrogen) atoms. The molecular weight excluding hydrogens is 350 g/mol. The molecule has 3 N–H and O–H groups in total. The minimum absolute atomic E-state index is 0.0144. The number of nitrogens with two attached hydrogens (primary N) is 1. The van der Waals surface area contributed by atoms with Crippen molar-refractivity contribution in [1.82, 2.24) is 4.98 Å². The topological polar surface area (TPSA) is 128 Å². The van der Waals surface area contributed by atoms with Crippen LogP contribution in [0.25, 0.3) is 10.9 Å². The first-order valence-corrected chi connectivity index (χ1v) is 8.11. The average Bonchev–Trinajstić information content (AvgIpc) is 2.93. The number of nitrogens with one attached hydrogen (secondary N) is 1. The van der Waals surface area contributed by atoms with Crippen LogP contribution in [0.2, 0.25) is 0 Å². The van der Waals surface area contributed by atoms with Crippen LogP contribution in [0.3, 0.4) is 0 Å². The highest BCUT2D eigenvalue weighted by molar-refractivity contribution is 5.96. The molecule has 3 aromatic rings. The lowest BCUT2D eigenvalue weighted by Crippen LogP contribution is -2.12. The zero-order valence-corrected chi connectivity index (χ0v) is 14.7. The van der Waals surface area contributed by atoms with Crippen LogP contribution in [0.5, 0.6) is 0 Å². The fraction of sp³-hybridized carbons (Fsp3) is 0.158. The summed E-state index contributed by atoms with van der Waals surface area (Å²) in [6.45, 7) is 3.60. The van der Waals surface area contributed by atoms with Crippen LogP contribution >= 0.6 is 0 Å². The Kier molecular flexibility index (Phi) is 4.64. The van der Waals surface area contributed by atoms with Gasteiger partial charge >= 0.3 is 5.97 Å².